The van der Waals surface area contributed by atoms with Crippen LogP contribution in [0.25, 0.3) is 0 Å². The monoisotopic (exact) mass is 298 g/mol. The summed E-state index contributed by atoms with van der Waals surface area (Å²) in [4.78, 5) is 18.3. The number of nitrogens with one attached hydrogen (secondary N) is 2. The maximum Gasteiger partial charge on any atom is 0.251 e. The molecule has 20 heavy (non-hydrogen) atoms. The molecule has 0 bridgehead atoms. The molecule has 0 aliphatic rings. The normalized spacial score (nSPS) is 12.3. The van der Waals surface area contributed by atoms with Crippen molar-refractivity contribution >= 4 is 23.3 Å². The molecule has 1 aromatic heterocycles. The summed E-state index contributed by atoms with van der Waals surface area (Å²) in [5, 5.41) is 6.39. The SMILES string of the molecule is CCCNc1cc(C(=O)NC(C)CN(C)C)cc(Cl)n1. The number of hydrogen-bond acceptors (Lipinski definition) is 4. The van der Waals surface area contributed by atoms with Crippen LogP contribution < -0.4 is 10.6 Å². The lowest BCUT2D eigenvalue weighted by Gasteiger charge is -2.18. The molecule has 0 aliphatic carbocycles. The topological polar surface area (TPSA) is 57.3 Å². The van der Waals surface area contributed by atoms with Crippen molar-refractivity contribution in [1.29, 1.82) is 0 Å². The van der Waals surface area contributed by atoms with E-state index in [0.29, 0.717) is 16.5 Å². The Hall–Kier alpha value is -1.33. The number of likely N-dealkylation sites (N-methyl/N-ethyl adjacent to an activating group) is 1. The number of anilines is 1. The number of rotatable bonds is 7. The third kappa shape index (κ3) is 5.75. The van der Waals surface area contributed by atoms with Gasteiger partial charge in [-0.2, -0.15) is 0 Å². The van der Waals surface area contributed by atoms with Crippen LogP contribution in [0.2, 0.25) is 5.15 Å². The molecule has 0 fully saturated rings. The van der Waals surface area contributed by atoms with Crippen molar-refractivity contribution in [3.8, 4) is 0 Å². The second kappa shape index (κ2) is 8.07. The van der Waals surface area contributed by atoms with Gasteiger partial charge in [-0.3, -0.25) is 4.79 Å². The van der Waals surface area contributed by atoms with Gasteiger partial charge in [0.15, 0.2) is 0 Å². The molecule has 0 saturated carbocycles. The van der Waals surface area contributed by atoms with Crippen molar-refractivity contribution in [3.63, 3.8) is 0 Å². The van der Waals surface area contributed by atoms with E-state index in [2.05, 4.69) is 22.5 Å². The Kier molecular flexibility index (Phi) is 6.75. The minimum absolute atomic E-state index is 0.0662. The van der Waals surface area contributed by atoms with E-state index in [-0.39, 0.29) is 11.9 Å². The fourth-order valence-corrected chi connectivity index (χ4v) is 2.08. The lowest BCUT2D eigenvalue weighted by atomic mass is 10.2. The molecule has 1 rings (SSSR count). The van der Waals surface area contributed by atoms with Crippen molar-refractivity contribution in [3.05, 3.63) is 22.8 Å². The van der Waals surface area contributed by atoms with Crippen molar-refractivity contribution in [1.82, 2.24) is 15.2 Å². The third-order valence-electron chi connectivity index (χ3n) is 2.63. The molecule has 1 unspecified atom stereocenters. The first-order chi connectivity index (χ1) is 9.42. The number of nitrogens with zero attached hydrogens (tertiary/aromatic N) is 2. The summed E-state index contributed by atoms with van der Waals surface area (Å²) in [6.07, 6.45) is 0.982. The van der Waals surface area contributed by atoms with E-state index >= 15 is 0 Å². The highest BCUT2D eigenvalue weighted by Crippen LogP contribution is 2.14. The zero-order valence-electron chi connectivity index (χ0n) is 12.5. The molecule has 112 valence electrons. The lowest BCUT2D eigenvalue weighted by molar-refractivity contribution is 0.0934. The fraction of sp³-hybridized carbons (Fsp3) is 0.571. The highest BCUT2D eigenvalue weighted by atomic mass is 35.5. The molecule has 0 aromatic carbocycles. The van der Waals surface area contributed by atoms with Crippen LogP contribution in [-0.4, -0.2) is 49.0 Å². The molecule has 6 heteroatoms. The Morgan fingerprint density at radius 3 is 2.75 bits per heavy atom. The Morgan fingerprint density at radius 1 is 1.45 bits per heavy atom. The maximum atomic E-state index is 12.2. The predicted molar refractivity (Wildman–Crippen MR) is 83.5 cm³/mol. The van der Waals surface area contributed by atoms with Gasteiger partial charge in [0.1, 0.15) is 11.0 Å². The van der Waals surface area contributed by atoms with E-state index in [1.54, 1.807) is 12.1 Å². The zero-order valence-corrected chi connectivity index (χ0v) is 13.3. The number of carbonyl (C=O) groups is 1. The van der Waals surface area contributed by atoms with Gasteiger partial charge in [-0.05, 0) is 39.6 Å². The molecular formula is C14H23ClN4O. The number of hydrogen-bond donors (Lipinski definition) is 2. The molecule has 5 nitrogen and oxygen atoms in total. The van der Waals surface area contributed by atoms with E-state index < -0.39 is 0 Å². The molecule has 1 atom stereocenters. The fourth-order valence-electron chi connectivity index (χ4n) is 1.87. The van der Waals surface area contributed by atoms with E-state index in [0.717, 1.165) is 19.5 Å². The van der Waals surface area contributed by atoms with Gasteiger partial charge in [-0.15, -0.1) is 0 Å². The summed E-state index contributed by atoms with van der Waals surface area (Å²) < 4.78 is 0. The summed E-state index contributed by atoms with van der Waals surface area (Å²) >= 11 is 5.95. The van der Waals surface area contributed by atoms with Gasteiger partial charge in [0.2, 0.25) is 0 Å². The zero-order chi connectivity index (χ0) is 15.1. The van der Waals surface area contributed by atoms with Crippen LogP contribution >= 0.6 is 11.6 Å². The minimum Gasteiger partial charge on any atom is -0.370 e. The molecule has 0 spiro atoms. The first-order valence-electron chi connectivity index (χ1n) is 6.79. The Balaban J connectivity index is 2.74. The molecule has 0 radical (unpaired) electrons. The first kappa shape index (κ1) is 16.7. The Morgan fingerprint density at radius 2 is 2.15 bits per heavy atom. The number of carbonyl (C=O) groups excluding carboxylic acids is 1. The van der Waals surface area contributed by atoms with E-state index in [4.69, 9.17) is 11.6 Å². The highest BCUT2D eigenvalue weighted by molar-refractivity contribution is 6.29. The first-order valence-corrected chi connectivity index (χ1v) is 7.17. The molecule has 1 heterocycles. The third-order valence-corrected chi connectivity index (χ3v) is 2.82. The molecule has 1 aromatic rings. The summed E-state index contributed by atoms with van der Waals surface area (Å²) in [7, 11) is 3.94. The van der Waals surface area contributed by atoms with Crippen LogP contribution in [0.5, 0.6) is 0 Å². The minimum atomic E-state index is -0.136. The van der Waals surface area contributed by atoms with Crippen LogP contribution in [0, 0.1) is 0 Å². The standard InChI is InChI=1S/C14H23ClN4O/c1-5-6-16-13-8-11(7-12(15)18-13)14(20)17-10(2)9-19(3)4/h7-8,10H,5-6,9H2,1-4H3,(H,16,18)(H,17,20). The summed E-state index contributed by atoms with van der Waals surface area (Å²) in [6, 6.07) is 3.37. The van der Waals surface area contributed by atoms with Gasteiger partial charge in [-0.25, -0.2) is 4.98 Å². The van der Waals surface area contributed by atoms with Gasteiger partial charge in [0.25, 0.3) is 5.91 Å². The van der Waals surface area contributed by atoms with Crippen LogP contribution in [0.3, 0.4) is 0 Å². The second-order valence-electron chi connectivity index (χ2n) is 5.13. The molecule has 0 aliphatic heterocycles. The van der Waals surface area contributed by atoms with Gasteiger partial charge in [0, 0.05) is 24.7 Å². The molecular weight excluding hydrogens is 276 g/mol. The maximum absolute atomic E-state index is 12.2. The number of pyridine rings is 1. The molecule has 1 amide bonds. The Labute approximate surface area is 125 Å². The quantitative estimate of drug-likeness (QED) is 0.758. The van der Waals surface area contributed by atoms with Gasteiger partial charge in [0.05, 0.1) is 0 Å². The van der Waals surface area contributed by atoms with E-state index in [1.165, 1.54) is 0 Å². The Bertz CT molecular complexity index is 451. The van der Waals surface area contributed by atoms with Gasteiger partial charge in [-0.1, -0.05) is 18.5 Å². The second-order valence-corrected chi connectivity index (χ2v) is 5.51. The van der Waals surface area contributed by atoms with Crippen LogP contribution in [0.1, 0.15) is 30.6 Å². The summed E-state index contributed by atoms with van der Waals surface area (Å²) in [5.41, 5.74) is 0.522. The average molecular weight is 299 g/mol. The van der Waals surface area contributed by atoms with Gasteiger partial charge >= 0.3 is 0 Å². The number of amides is 1. The largest absolute Gasteiger partial charge is 0.370 e. The van der Waals surface area contributed by atoms with Crippen molar-refractivity contribution in [2.45, 2.75) is 26.3 Å². The summed E-state index contributed by atoms with van der Waals surface area (Å²) in [5.74, 6) is 0.493. The van der Waals surface area contributed by atoms with E-state index in [9.17, 15) is 4.79 Å². The van der Waals surface area contributed by atoms with Crippen molar-refractivity contribution in [2.24, 2.45) is 0 Å². The van der Waals surface area contributed by atoms with Crippen LogP contribution in [-0.2, 0) is 0 Å². The van der Waals surface area contributed by atoms with E-state index in [1.807, 2.05) is 25.9 Å². The number of aromatic nitrogens is 1. The van der Waals surface area contributed by atoms with Crippen molar-refractivity contribution in [2.75, 3.05) is 32.5 Å². The summed E-state index contributed by atoms with van der Waals surface area (Å²) in [6.45, 7) is 5.61. The average Bonchev–Trinajstić information content (AvgIpc) is 2.34. The van der Waals surface area contributed by atoms with Gasteiger partial charge < -0.3 is 15.5 Å². The lowest BCUT2D eigenvalue weighted by Crippen LogP contribution is -2.39. The van der Waals surface area contributed by atoms with Crippen molar-refractivity contribution < 1.29 is 4.79 Å². The molecule has 0 saturated heterocycles. The highest BCUT2D eigenvalue weighted by Gasteiger charge is 2.12. The smallest absolute Gasteiger partial charge is 0.251 e. The number of halogens is 1. The van der Waals surface area contributed by atoms with Crippen LogP contribution in [0.4, 0.5) is 5.82 Å². The molecule has 2 N–H and O–H groups in total. The predicted octanol–water partition coefficient (Wildman–Crippen LogP) is 2.24. The van der Waals surface area contributed by atoms with Crippen LogP contribution in [0.15, 0.2) is 12.1 Å².